The number of primary sulfonamides is 1. The molecule has 1 unspecified atom stereocenters. The molecule has 1 saturated heterocycles. The van der Waals surface area contributed by atoms with Crippen molar-refractivity contribution in [1.82, 2.24) is 0 Å². The van der Waals surface area contributed by atoms with Gasteiger partial charge in [-0.05, 0) is 18.2 Å². The number of hydrogen-bond donors (Lipinski definition) is 1. The van der Waals surface area contributed by atoms with E-state index in [1.165, 1.54) is 0 Å². The Labute approximate surface area is 109 Å². The van der Waals surface area contributed by atoms with Crippen LogP contribution in [0.1, 0.15) is 16.8 Å². The minimum Gasteiger partial charge on any atom is -0.456 e. The minimum atomic E-state index is -4.08. The highest BCUT2D eigenvalue weighted by Crippen LogP contribution is 2.16. The molecule has 1 heterocycles. The first-order chi connectivity index (χ1) is 8.86. The maximum Gasteiger partial charge on any atom is 0.338 e. The molecule has 0 radical (unpaired) electrons. The standard InChI is InChI=1S/C11H12FNO5S/c12-8-3-7(4-10(5-8)19(13,15)16)11(14)18-9-1-2-17-6-9/h3-5,9H,1-2,6H2,(H2,13,15,16). The van der Waals surface area contributed by atoms with E-state index in [9.17, 15) is 17.6 Å². The van der Waals surface area contributed by atoms with Crippen molar-refractivity contribution in [3.63, 3.8) is 0 Å². The van der Waals surface area contributed by atoms with Crippen LogP contribution in [-0.2, 0) is 19.5 Å². The van der Waals surface area contributed by atoms with Gasteiger partial charge in [-0.15, -0.1) is 0 Å². The normalized spacial score (nSPS) is 19.4. The summed E-state index contributed by atoms with van der Waals surface area (Å²) in [5.74, 6) is -1.68. The lowest BCUT2D eigenvalue weighted by Crippen LogP contribution is -2.19. The van der Waals surface area contributed by atoms with E-state index in [1.807, 2.05) is 0 Å². The van der Waals surface area contributed by atoms with E-state index in [2.05, 4.69) is 0 Å². The fraction of sp³-hybridized carbons (Fsp3) is 0.364. The molecule has 0 amide bonds. The van der Waals surface area contributed by atoms with Crippen molar-refractivity contribution < 1.29 is 27.1 Å². The van der Waals surface area contributed by atoms with Gasteiger partial charge in [-0.2, -0.15) is 0 Å². The van der Waals surface area contributed by atoms with Gasteiger partial charge in [0.25, 0.3) is 0 Å². The van der Waals surface area contributed by atoms with Crippen LogP contribution in [0, 0.1) is 5.82 Å². The molecule has 1 aromatic rings. The van der Waals surface area contributed by atoms with Crippen molar-refractivity contribution in [2.75, 3.05) is 13.2 Å². The van der Waals surface area contributed by atoms with Gasteiger partial charge in [0.15, 0.2) is 0 Å². The average molecular weight is 289 g/mol. The molecule has 1 aliphatic heterocycles. The van der Waals surface area contributed by atoms with E-state index >= 15 is 0 Å². The summed E-state index contributed by atoms with van der Waals surface area (Å²) in [7, 11) is -4.08. The third-order valence-electron chi connectivity index (χ3n) is 2.60. The average Bonchev–Trinajstić information content (AvgIpc) is 2.79. The number of carbonyl (C=O) groups excluding carboxylic acids is 1. The van der Waals surface area contributed by atoms with Gasteiger partial charge in [0.2, 0.25) is 10.0 Å². The predicted molar refractivity (Wildman–Crippen MR) is 62.4 cm³/mol. The SMILES string of the molecule is NS(=O)(=O)c1cc(F)cc(C(=O)OC2CCOC2)c1. The molecule has 0 aromatic heterocycles. The quantitative estimate of drug-likeness (QED) is 0.813. The van der Waals surface area contributed by atoms with Crippen LogP contribution in [0.2, 0.25) is 0 Å². The number of esters is 1. The fourth-order valence-electron chi connectivity index (χ4n) is 1.67. The maximum atomic E-state index is 13.3. The molecule has 0 aliphatic carbocycles. The number of hydrogen-bond acceptors (Lipinski definition) is 5. The molecular formula is C11H12FNO5S. The molecule has 104 valence electrons. The van der Waals surface area contributed by atoms with Crippen molar-refractivity contribution in [3.8, 4) is 0 Å². The predicted octanol–water partition coefficient (Wildman–Crippen LogP) is 0.419. The van der Waals surface area contributed by atoms with E-state index in [0.717, 1.165) is 18.2 Å². The van der Waals surface area contributed by atoms with Crippen molar-refractivity contribution >= 4 is 16.0 Å². The smallest absolute Gasteiger partial charge is 0.338 e. The third-order valence-corrected chi connectivity index (χ3v) is 3.49. The molecule has 1 aliphatic rings. The zero-order valence-electron chi connectivity index (χ0n) is 9.84. The van der Waals surface area contributed by atoms with Crippen LogP contribution < -0.4 is 5.14 Å². The second kappa shape index (κ2) is 5.24. The molecule has 8 heteroatoms. The Morgan fingerprint density at radius 2 is 2.16 bits per heavy atom. The lowest BCUT2D eigenvalue weighted by atomic mass is 10.2. The molecule has 1 aromatic carbocycles. The number of ether oxygens (including phenoxy) is 2. The van der Waals surface area contributed by atoms with Crippen LogP contribution in [0.5, 0.6) is 0 Å². The summed E-state index contributed by atoms with van der Waals surface area (Å²) in [5, 5.41) is 4.89. The van der Waals surface area contributed by atoms with Gasteiger partial charge in [0.05, 0.1) is 23.7 Å². The highest BCUT2D eigenvalue weighted by atomic mass is 32.2. The first kappa shape index (κ1) is 13.9. The zero-order chi connectivity index (χ0) is 14.0. The Morgan fingerprint density at radius 3 is 2.74 bits per heavy atom. The molecule has 1 fully saturated rings. The number of nitrogens with two attached hydrogens (primary N) is 1. The molecule has 2 rings (SSSR count). The Balaban J connectivity index is 2.24. The van der Waals surface area contributed by atoms with Crippen LogP contribution in [-0.4, -0.2) is 33.7 Å². The van der Waals surface area contributed by atoms with Crippen LogP contribution >= 0.6 is 0 Å². The molecule has 2 N–H and O–H groups in total. The monoisotopic (exact) mass is 289 g/mol. The first-order valence-corrected chi connectivity index (χ1v) is 7.03. The van der Waals surface area contributed by atoms with Crippen molar-refractivity contribution in [1.29, 1.82) is 0 Å². The Bertz CT molecular complexity index is 595. The summed E-state index contributed by atoms with van der Waals surface area (Å²) < 4.78 is 45.6. The van der Waals surface area contributed by atoms with Gasteiger partial charge < -0.3 is 9.47 Å². The molecule has 0 spiro atoms. The number of rotatable bonds is 3. The van der Waals surface area contributed by atoms with E-state index in [4.69, 9.17) is 14.6 Å². The fourth-order valence-corrected chi connectivity index (χ4v) is 2.24. The number of halogens is 1. The Morgan fingerprint density at radius 1 is 1.42 bits per heavy atom. The van der Waals surface area contributed by atoms with Crippen molar-refractivity contribution in [2.24, 2.45) is 5.14 Å². The van der Waals surface area contributed by atoms with Crippen LogP contribution in [0.25, 0.3) is 0 Å². The summed E-state index contributed by atoms with van der Waals surface area (Å²) >= 11 is 0. The Kier molecular flexibility index (Phi) is 3.83. The largest absolute Gasteiger partial charge is 0.456 e. The second-order valence-corrected chi connectivity index (χ2v) is 5.67. The van der Waals surface area contributed by atoms with Crippen molar-refractivity contribution in [2.45, 2.75) is 17.4 Å². The second-order valence-electron chi connectivity index (χ2n) is 4.11. The first-order valence-electron chi connectivity index (χ1n) is 5.48. The summed E-state index contributed by atoms with van der Waals surface area (Å²) in [4.78, 5) is 11.3. The summed E-state index contributed by atoms with van der Waals surface area (Å²) in [5.41, 5.74) is -0.198. The van der Waals surface area contributed by atoms with Crippen LogP contribution in [0.3, 0.4) is 0 Å². The van der Waals surface area contributed by atoms with Gasteiger partial charge in [-0.1, -0.05) is 0 Å². The highest BCUT2D eigenvalue weighted by Gasteiger charge is 2.22. The van der Waals surface area contributed by atoms with E-state index < -0.39 is 32.8 Å². The molecule has 0 bridgehead atoms. The van der Waals surface area contributed by atoms with Gasteiger partial charge in [0.1, 0.15) is 11.9 Å². The topological polar surface area (TPSA) is 95.7 Å². The van der Waals surface area contributed by atoms with E-state index in [1.54, 1.807) is 0 Å². The third kappa shape index (κ3) is 3.49. The highest BCUT2D eigenvalue weighted by molar-refractivity contribution is 7.89. The molecule has 6 nitrogen and oxygen atoms in total. The van der Waals surface area contributed by atoms with Gasteiger partial charge in [0, 0.05) is 6.42 Å². The van der Waals surface area contributed by atoms with Gasteiger partial charge in [-0.3, -0.25) is 0 Å². The maximum absolute atomic E-state index is 13.3. The molecule has 1 atom stereocenters. The summed E-state index contributed by atoms with van der Waals surface area (Å²) in [6.07, 6.45) is 0.164. The van der Waals surface area contributed by atoms with Gasteiger partial charge >= 0.3 is 5.97 Å². The molecule has 19 heavy (non-hydrogen) atoms. The number of benzene rings is 1. The molecule has 0 saturated carbocycles. The lowest BCUT2D eigenvalue weighted by Gasteiger charge is -2.10. The van der Waals surface area contributed by atoms with E-state index in [0.29, 0.717) is 13.0 Å². The Hall–Kier alpha value is -1.51. The number of sulfonamides is 1. The van der Waals surface area contributed by atoms with E-state index in [-0.39, 0.29) is 12.2 Å². The summed E-state index contributed by atoms with van der Waals surface area (Å²) in [6.45, 7) is 0.770. The lowest BCUT2D eigenvalue weighted by molar-refractivity contribution is 0.0270. The molecular weight excluding hydrogens is 277 g/mol. The number of carbonyl (C=O) groups is 1. The van der Waals surface area contributed by atoms with Crippen LogP contribution in [0.4, 0.5) is 4.39 Å². The van der Waals surface area contributed by atoms with Crippen molar-refractivity contribution in [3.05, 3.63) is 29.6 Å². The van der Waals surface area contributed by atoms with Crippen LogP contribution in [0.15, 0.2) is 23.1 Å². The minimum absolute atomic E-state index is 0.198. The summed E-state index contributed by atoms with van der Waals surface area (Å²) in [6, 6.07) is 2.62. The van der Waals surface area contributed by atoms with Gasteiger partial charge in [-0.25, -0.2) is 22.7 Å². The zero-order valence-corrected chi connectivity index (χ0v) is 10.7.